The number of nitrogens with one attached hydrogen (secondary N) is 1. The van der Waals surface area contributed by atoms with Crippen LogP contribution < -0.4 is 5.32 Å². The Morgan fingerprint density at radius 2 is 1.82 bits per heavy atom. The molecule has 3 saturated carbocycles. The Morgan fingerprint density at radius 3 is 2.41 bits per heavy atom. The molecular formula is C16H29N. The Balaban J connectivity index is 1.58. The van der Waals surface area contributed by atoms with Crippen molar-refractivity contribution in [3.63, 3.8) is 0 Å². The Hall–Kier alpha value is -0.0400. The molecule has 3 aliphatic carbocycles. The molecule has 0 saturated heterocycles. The standard InChI is InChI=1S/C16H29N/c1-16(2)9-8-13(11-17-14-6-7-14)15(10-16)12-4-3-5-12/h12-15,17H,3-11H2,1-2H3. The molecule has 1 N–H and O–H groups in total. The lowest BCUT2D eigenvalue weighted by atomic mass is 9.59. The van der Waals surface area contributed by atoms with Crippen molar-refractivity contribution in [2.24, 2.45) is 23.2 Å². The fourth-order valence-corrected chi connectivity index (χ4v) is 3.98. The summed E-state index contributed by atoms with van der Waals surface area (Å²) in [6, 6.07) is 0.895. The lowest BCUT2D eigenvalue weighted by Crippen LogP contribution is -2.41. The minimum Gasteiger partial charge on any atom is -0.314 e. The molecule has 1 heteroatoms. The summed E-state index contributed by atoms with van der Waals surface area (Å²) in [6.07, 6.45) is 11.9. The summed E-state index contributed by atoms with van der Waals surface area (Å²) in [6.45, 7) is 6.30. The average Bonchev–Trinajstić information content (AvgIpc) is 2.96. The first kappa shape index (κ1) is 12.0. The van der Waals surface area contributed by atoms with Crippen molar-refractivity contribution in [2.45, 2.75) is 71.3 Å². The summed E-state index contributed by atoms with van der Waals surface area (Å²) in [5.74, 6) is 3.12. The molecule has 0 spiro atoms. The topological polar surface area (TPSA) is 12.0 Å². The van der Waals surface area contributed by atoms with Crippen LogP contribution in [0, 0.1) is 23.2 Å². The Kier molecular flexibility index (Phi) is 3.23. The van der Waals surface area contributed by atoms with Gasteiger partial charge in [0.25, 0.3) is 0 Å². The maximum atomic E-state index is 3.79. The third-order valence-electron chi connectivity index (χ3n) is 5.59. The molecule has 0 amide bonds. The van der Waals surface area contributed by atoms with Crippen LogP contribution >= 0.6 is 0 Å². The van der Waals surface area contributed by atoms with Crippen molar-refractivity contribution in [3.05, 3.63) is 0 Å². The first-order chi connectivity index (χ1) is 8.14. The molecule has 3 aliphatic rings. The largest absolute Gasteiger partial charge is 0.314 e. The Bertz CT molecular complexity index is 261. The summed E-state index contributed by atoms with van der Waals surface area (Å²) in [4.78, 5) is 0. The molecule has 2 atom stereocenters. The van der Waals surface area contributed by atoms with E-state index in [1.54, 1.807) is 0 Å². The van der Waals surface area contributed by atoms with Crippen LogP contribution in [0.15, 0.2) is 0 Å². The molecule has 1 nitrogen and oxygen atoms in total. The SMILES string of the molecule is CC1(C)CCC(CNC2CC2)C(C2CCC2)C1. The van der Waals surface area contributed by atoms with Gasteiger partial charge in [-0.05, 0) is 61.8 Å². The molecule has 2 unspecified atom stereocenters. The zero-order valence-corrected chi connectivity index (χ0v) is 11.7. The zero-order chi connectivity index (χ0) is 11.9. The highest BCUT2D eigenvalue weighted by Crippen LogP contribution is 2.49. The normalized spacial score (nSPS) is 37.8. The van der Waals surface area contributed by atoms with E-state index in [2.05, 4.69) is 19.2 Å². The van der Waals surface area contributed by atoms with Crippen LogP contribution in [0.4, 0.5) is 0 Å². The van der Waals surface area contributed by atoms with Gasteiger partial charge in [-0.15, -0.1) is 0 Å². The van der Waals surface area contributed by atoms with E-state index < -0.39 is 0 Å². The average molecular weight is 235 g/mol. The second-order valence-corrected chi connectivity index (χ2v) is 7.70. The number of hydrogen-bond donors (Lipinski definition) is 1. The van der Waals surface area contributed by atoms with Crippen LogP contribution in [0.25, 0.3) is 0 Å². The maximum Gasteiger partial charge on any atom is 0.00683 e. The van der Waals surface area contributed by atoms with Gasteiger partial charge in [-0.2, -0.15) is 0 Å². The van der Waals surface area contributed by atoms with Crippen molar-refractivity contribution in [2.75, 3.05) is 6.54 Å². The van der Waals surface area contributed by atoms with E-state index in [1.807, 2.05) is 0 Å². The van der Waals surface area contributed by atoms with Crippen molar-refractivity contribution in [1.29, 1.82) is 0 Å². The Labute approximate surface area is 107 Å². The maximum absolute atomic E-state index is 3.79. The highest BCUT2D eigenvalue weighted by molar-refractivity contribution is 4.93. The Morgan fingerprint density at radius 1 is 1.06 bits per heavy atom. The van der Waals surface area contributed by atoms with Gasteiger partial charge in [-0.3, -0.25) is 0 Å². The molecule has 0 aliphatic heterocycles. The summed E-state index contributed by atoms with van der Waals surface area (Å²) < 4.78 is 0. The van der Waals surface area contributed by atoms with Crippen molar-refractivity contribution in [1.82, 2.24) is 5.32 Å². The van der Waals surface area contributed by atoms with Crippen LogP contribution in [-0.4, -0.2) is 12.6 Å². The molecule has 3 fully saturated rings. The number of rotatable bonds is 4. The summed E-state index contributed by atoms with van der Waals surface area (Å²) in [5.41, 5.74) is 0.621. The molecular weight excluding hydrogens is 206 g/mol. The minimum absolute atomic E-state index is 0.621. The van der Waals surface area contributed by atoms with Gasteiger partial charge in [0, 0.05) is 6.04 Å². The highest BCUT2D eigenvalue weighted by atomic mass is 14.9. The fourth-order valence-electron chi connectivity index (χ4n) is 3.98. The lowest BCUT2D eigenvalue weighted by molar-refractivity contribution is 0.0407. The van der Waals surface area contributed by atoms with Gasteiger partial charge in [0.1, 0.15) is 0 Å². The van der Waals surface area contributed by atoms with Gasteiger partial charge in [-0.25, -0.2) is 0 Å². The van der Waals surface area contributed by atoms with Gasteiger partial charge < -0.3 is 5.32 Å². The van der Waals surface area contributed by atoms with Crippen molar-refractivity contribution in [3.8, 4) is 0 Å². The van der Waals surface area contributed by atoms with Crippen LogP contribution in [0.1, 0.15) is 65.2 Å². The van der Waals surface area contributed by atoms with Crippen LogP contribution in [0.3, 0.4) is 0 Å². The van der Waals surface area contributed by atoms with E-state index in [1.165, 1.54) is 57.9 Å². The number of hydrogen-bond acceptors (Lipinski definition) is 1. The molecule has 17 heavy (non-hydrogen) atoms. The monoisotopic (exact) mass is 235 g/mol. The zero-order valence-electron chi connectivity index (χ0n) is 11.7. The van der Waals surface area contributed by atoms with Crippen molar-refractivity contribution < 1.29 is 0 Å². The van der Waals surface area contributed by atoms with E-state index in [4.69, 9.17) is 0 Å². The van der Waals surface area contributed by atoms with E-state index in [-0.39, 0.29) is 0 Å². The molecule has 0 aromatic heterocycles. The van der Waals surface area contributed by atoms with Crippen molar-refractivity contribution >= 4 is 0 Å². The molecule has 0 aromatic rings. The predicted octanol–water partition coefficient (Wildman–Crippen LogP) is 3.98. The fraction of sp³-hybridized carbons (Fsp3) is 1.00. The van der Waals surface area contributed by atoms with E-state index in [0.717, 1.165) is 23.8 Å². The lowest BCUT2D eigenvalue weighted by Gasteiger charge is -2.47. The van der Waals surface area contributed by atoms with Crippen LogP contribution in [0.5, 0.6) is 0 Å². The molecule has 0 heterocycles. The first-order valence-corrected chi connectivity index (χ1v) is 7.87. The quantitative estimate of drug-likeness (QED) is 0.777. The minimum atomic E-state index is 0.621. The summed E-state index contributed by atoms with van der Waals surface area (Å²) in [7, 11) is 0. The molecule has 0 radical (unpaired) electrons. The smallest absolute Gasteiger partial charge is 0.00683 e. The van der Waals surface area contributed by atoms with Gasteiger partial charge in [0.2, 0.25) is 0 Å². The van der Waals surface area contributed by atoms with Gasteiger partial charge in [0.15, 0.2) is 0 Å². The molecule has 98 valence electrons. The van der Waals surface area contributed by atoms with E-state index >= 15 is 0 Å². The summed E-state index contributed by atoms with van der Waals surface area (Å²) >= 11 is 0. The third kappa shape index (κ3) is 2.86. The molecule has 0 bridgehead atoms. The highest BCUT2D eigenvalue weighted by Gasteiger charge is 2.40. The van der Waals surface area contributed by atoms with E-state index in [9.17, 15) is 0 Å². The molecule has 0 aromatic carbocycles. The van der Waals surface area contributed by atoms with Gasteiger partial charge in [0.05, 0.1) is 0 Å². The first-order valence-electron chi connectivity index (χ1n) is 7.87. The van der Waals surface area contributed by atoms with Gasteiger partial charge in [-0.1, -0.05) is 33.1 Å². The second kappa shape index (κ2) is 4.57. The van der Waals surface area contributed by atoms with Crippen LogP contribution in [-0.2, 0) is 0 Å². The molecule has 3 rings (SSSR count). The van der Waals surface area contributed by atoms with Gasteiger partial charge >= 0.3 is 0 Å². The summed E-state index contributed by atoms with van der Waals surface area (Å²) in [5, 5.41) is 3.79. The predicted molar refractivity (Wildman–Crippen MR) is 73.0 cm³/mol. The van der Waals surface area contributed by atoms with Crippen LogP contribution in [0.2, 0.25) is 0 Å². The third-order valence-corrected chi connectivity index (χ3v) is 5.59. The second-order valence-electron chi connectivity index (χ2n) is 7.70. The van der Waals surface area contributed by atoms with E-state index in [0.29, 0.717) is 5.41 Å².